The molecule has 1 N–H and O–H groups in total. The second-order valence-corrected chi connectivity index (χ2v) is 13.0. The highest BCUT2D eigenvalue weighted by molar-refractivity contribution is 5.83. The Hall–Kier alpha value is -5.07. The predicted octanol–water partition coefficient (Wildman–Crippen LogP) is 7.28. The fourth-order valence-corrected chi connectivity index (χ4v) is 8.94. The van der Waals surface area contributed by atoms with Gasteiger partial charge in [-0.25, -0.2) is 0 Å². The van der Waals surface area contributed by atoms with E-state index in [2.05, 4.69) is 12.1 Å². The van der Waals surface area contributed by atoms with Crippen molar-refractivity contribution in [2.75, 3.05) is 0 Å². The van der Waals surface area contributed by atoms with Crippen LogP contribution in [0.5, 0.6) is 0 Å². The SMILES string of the molecule is CC1(C(=O)F)CC2(C#N)c3ccccc3C1c1ccccc12.CC1(C(=O)O)CC2(C#N)c3ccccc3C1c1ccccc12. The van der Waals surface area contributed by atoms with E-state index in [0.29, 0.717) is 6.42 Å². The van der Waals surface area contributed by atoms with E-state index in [9.17, 15) is 29.6 Å². The number of rotatable bonds is 2. The maximum Gasteiger partial charge on any atom is 0.310 e. The first-order chi connectivity index (χ1) is 21.1. The second kappa shape index (κ2) is 9.21. The van der Waals surface area contributed by atoms with Gasteiger partial charge in [-0.1, -0.05) is 97.1 Å². The molecule has 2 atom stereocenters. The van der Waals surface area contributed by atoms with Crippen molar-refractivity contribution in [3.05, 3.63) is 142 Å². The number of benzene rings is 4. The van der Waals surface area contributed by atoms with Gasteiger partial charge >= 0.3 is 12.0 Å². The van der Waals surface area contributed by atoms with Gasteiger partial charge in [0.1, 0.15) is 10.8 Å². The molecule has 216 valence electrons. The van der Waals surface area contributed by atoms with Crippen LogP contribution in [0.25, 0.3) is 0 Å². The lowest BCUT2D eigenvalue weighted by Crippen LogP contribution is -2.52. The molecule has 6 aliphatic rings. The number of hydrogen-bond acceptors (Lipinski definition) is 4. The number of nitrogens with zero attached hydrogens (tertiary/aromatic N) is 2. The third kappa shape index (κ3) is 3.26. The van der Waals surface area contributed by atoms with Gasteiger partial charge in [0, 0.05) is 11.8 Å². The average molecular weight is 581 g/mol. The van der Waals surface area contributed by atoms with Crippen molar-refractivity contribution in [3.63, 3.8) is 0 Å². The zero-order valence-corrected chi connectivity index (χ0v) is 24.3. The first kappa shape index (κ1) is 27.7. The van der Waals surface area contributed by atoms with E-state index in [1.165, 1.54) is 0 Å². The minimum absolute atomic E-state index is 0.199. The van der Waals surface area contributed by atoms with Crippen LogP contribution < -0.4 is 0 Å². The highest BCUT2D eigenvalue weighted by atomic mass is 19.1. The molecule has 4 aromatic carbocycles. The third-order valence-electron chi connectivity index (χ3n) is 10.8. The van der Waals surface area contributed by atoms with Crippen LogP contribution in [0.1, 0.15) is 83.0 Å². The Kier molecular flexibility index (Phi) is 5.81. The van der Waals surface area contributed by atoms with Gasteiger partial charge in [-0.15, -0.1) is 0 Å². The van der Waals surface area contributed by atoms with Gasteiger partial charge in [-0.3, -0.25) is 9.59 Å². The summed E-state index contributed by atoms with van der Waals surface area (Å²) in [5, 5.41) is 29.9. The average Bonchev–Trinajstić information content (AvgIpc) is 3.05. The minimum atomic E-state index is -1.33. The van der Waals surface area contributed by atoms with Gasteiger partial charge in [-0.2, -0.15) is 14.9 Å². The molecule has 0 aromatic heterocycles. The molecule has 0 radical (unpaired) electrons. The summed E-state index contributed by atoms with van der Waals surface area (Å²) in [5.41, 5.74) is 3.60. The normalized spacial score (nSPS) is 31.0. The largest absolute Gasteiger partial charge is 0.481 e. The van der Waals surface area contributed by atoms with Gasteiger partial charge < -0.3 is 5.11 Å². The zero-order chi connectivity index (χ0) is 31.1. The number of carbonyl (C=O) groups is 2. The smallest absolute Gasteiger partial charge is 0.310 e. The second-order valence-electron chi connectivity index (χ2n) is 13.0. The molecule has 44 heavy (non-hydrogen) atoms. The van der Waals surface area contributed by atoms with Crippen molar-refractivity contribution in [1.82, 2.24) is 0 Å². The molecular formula is C38H29FN2O3. The highest BCUT2D eigenvalue weighted by Gasteiger charge is 2.62. The molecule has 0 spiro atoms. The number of carbonyl (C=O) groups excluding carboxylic acids is 1. The van der Waals surface area contributed by atoms with Gasteiger partial charge in [0.2, 0.25) is 0 Å². The number of halogens is 1. The minimum Gasteiger partial charge on any atom is -0.481 e. The van der Waals surface area contributed by atoms with Crippen molar-refractivity contribution < 1.29 is 19.1 Å². The Morgan fingerprint density at radius 3 is 1.23 bits per heavy atom. The van der Waals surface area contributed by atoms with Gasteiger partial charge in [-0.05, 0) is 71.2 Å². The summed E-state index contributed by atoms with van der Waals surface area (Å²) in [5.74, 6) is -1.36. The van der Waals surface area contributed by atoms with Crippen LogP contribution in [0.15, 0.2) is 97.1 Å². The Morgan fingerprint density at radius 2 is 0.932 bits per heavy atom. The molecule has 4 aromatic rings. The van der Waals surface area contributed by atoms with Crippen LogP contribution >= 0.6 is 0 Å². The number of carboxylic acids is 1. The van der Waals surface area contributed by atoms with Crippen molar-refractivity contribution in [2.45, 2.75) is 49.4 Å². The van der Waals surface area contributed by atoms with E-state index >= 15 is 0 Å². The molecule has 0 amide bonds. The van der Waals surface area contributed by atoms with Crippen LogP contribution in [0.3, 0.4) is 0 Å². The lowest BCUT2D eigenvalue weighted by Gasteiger charge is -2.53. The molecule has 6 heteroatoms. The first-order valence-electron chi connectivity index (χ1n) is 14.7. The topological polar surface area (TPSA) is 102 Å². The molecule has 0 heterocycles. The molecule has 10 rings (SSSR count). The maximum atomic E-state index is 14.0. The molecule has 2 unspecified atom stereocenters. The van der Waals surface area contributed by atoms with E-state index in [1.54, 1.807) is 13.8 Å². The molecule has 0 saturated carbocycles. The Labute approximate surface area is 255 Å². The van der Waals surface area contributed by atoms with Gasteiger partial charge in [0.25, 0.3) is 0 Å². The number of nitriles is 2. The molecule has 6 aliphatic carbocycles. The van der Waals surface area contributed by atoms with Crippen molar-refractivity contribution >= 4 is 12.0 Å². The zero-order valence-electron chi connectivity index (χ0n) is 24.3. The molecule has 4 bridgehead atoms. The van der Waals surface area contributed by atoms with E-state index in [0.717, 1.165) is 44.5 Å². The van der Waals surface area contributed by atoms with Crippen molar-refractivity contribution in [2.24, 2.45) is 10.8 Å². The number of carboxylic acid groups (broad SMARTS) is 1. The Balaban J connectivity index is 0.000000142. The number of aliphatic carboxylic acids is 1. The summed E-state index contributed by atoms with van der Waals surface area (Å²) in [7, 11) is 0. The molecular weight excluding hydrogens is 551 g/mol. The summed E-state index contributed by atoms with van der Waals surface area (Å²) >= 11 is 0. The number of hydrogen-bond donors (Lipinski definition) is 1. The van der Waals surface area contributed by atoms with Crippen LogP contribution in [-0.4, -0.2) is 17.1 Å². The Morgan fingerprint density at radius 1 is 0.636 bits per heavy atom. The molecule has 0 saturated heterocycles. The summed E-state index contributed by atoms with van der Waals surface area (Å²) < 4.78 is 14.0. The molecule has 5 nitrogen and oxygen atoms in total. The fourth-order valence-electron chi connectivity index (χ4n) is 8.94. The molecule has 0 aliphatic heterocycles. The standard InChI is InChI=1S/C19H14FNO.C19H15NO2/c1-18(17(20)22)10-19(11-21)14-8-4-2-6-12(14)16(18)13-7-3-5-9-15(13)19;1-18(17(21)22)10-19(11-20)14-8-4-2-6-12(14)16(18)13-7-3-5-9-15(13)19/h2-9,16H,10H2,1H3;2-9,16H,10H2,1H3,(H,21,22). The lowest BCUT2D eigenvalue weighted by molar-refractivity contribution is -0.150. The first-order valence-corrected chi connectivity index (χ1v) is 14.7. The number of fused-ring (bicyclic) bond motifs is 2. The van der Waals surface area contributed by atoms with Crippen LogP contribution in [0.2, 0.25) is 0 Å². The fraction of sp³-hybridized carbons (Fsp3) is 0.263. The van der Waals surface area contributed by atoms with Gasteiger partial charge in [0.15, 0.2) is 0 Å². The van der Waals surface area contributed by atoms with Crippen LogP contribution in [-0.2, 0) is 20.4 Å². The highest BCUT2D eigenvalue weighted by Crippen LogP contribution is 2.65. The third-order valence-corrected chi connectivity index (χ3v) is 10.8. The maximum absolute atomic E-state index is 14.0. The summed E-state index contributed by atoms with van der Waals surface area (Å²) in [6.07, 6.45) is 0.523. The lowest BCUT2D eigenvalue weighted by atomic mass is 9.47. The van der Waals surface area contributed by atoms with Crippen molar-refractivity contribution in [3.8, 4) is 12.1 Å². The van der Waals surface area contributed by atoms with Crippen LogP contribution in [0, 0.1) is 33.5 Å². The van der Waals surface area contributed by atoms with Crippen molar-refractivity contribution in [1.29, 1.82) is 10.5 Å². The summed E-state index contributed by atoms with van der Waals surface area (Å²) in [6.45, 7) is 3.43. The van der Waals surface area contributed by atoms with Crippen LogP contribution in [0.4, 0.5) is 4.39 Å². The predicted molar refractivity (Wildman–Crippen MR) is 161 cm³/mol. The van der Waals surface area contributed by atoms with E-state index < -0.39 is 33.7 Å². The van der Waals surface area contributed by atoms with E-state index in [-0.39, 0.29) is 18.3 Å². The molecule has 0 fully saturated rings. The van der Waals surface area contributed by atoms with Gasteiger partial charge in [0.05, 0.1) is 23.0 Å². The van der Waals surface area contributed by atoms with E-state index in [1.807, 2.05) is 97.1 Å². The summed E-state index contributed by atoms with van der Waals surface area (Å²) in [6, 6.07) is 34.4. The van der Waals surface area contributed by atoms with E-state index in [4.69, 9.17) is 0 Å². The quantitative estimate of drug-likeness (QED) is 0.251. The summed E-state index contributed by atoms with van der Waals surface area (Å²) in [4.78, 5) is 23.8. The Bertz CT molecular complexity index is 1750. The monoisotopic (exact) mass is 580 g/mol.